The van der Waals surface area contributed by atoms with Crippen molar-refractivity contribution in [3.05, 3.63) is 30.3 Å². The minimum Gasteiger partial charge on any atom is -0.366 e. The molecule has 0 radical (unpaired) electrons. The van der Waals surface area contributed by atoms with Crippen LogP contribution in [0.5, 0.6) is 0 Å². The van der Waals surface area contributed by atoms with Crippen LogP contribution < -0.4 is 0 Å². The van der Waals surface area contributed by atoms with Gasteiger partial charge in [-0.2, -0.15) is 0 Å². The van der Waals surface area contributed by atoms with Crippen LogP contribution in [0.2, 0.25) is 0 Å². The summed E-state index contributed by atoms with van der Waals surface area (Å²) in [5.74, 6) is 0. The first-order chi connectivity index (χ1) is 7.26. The monoisotopic (exact) mass is 220 g/mol. The number of hydrogen-bond donors (Lipinski definition) is 0. The third kappa shape index (κ3) is 1.93. The summed E-state index contributed by atoms with van der Waals surface area (Å²) in [5.41, 5.74) is 0.258. The van der Waals surface area contributed by atoms with Gasteiger partial charge in [0, 0.05) is 10.1 Å². The molecule has 0 aromatic heterocycles. The molecule has 1 aliphatic heterocycles. The highest BCUT2D eigenvalue weighted by Crippen LogP contribution is 2.50. The molecule has 0 N–H and O–H groups in total. The zero-order valence-electron chi connectivity index (χ0n) is 8.98. The van der Waals surface area contributed by atoms with Crippen LogP contribution in [0.4, 0.5) is 0 Å². The molecule has 1 nitrogen and oxygen atoms in total. The van der Waals surface area contributed by atoms with Crippen molar-refractivity contribution < 1.29 is 4.74 Å². The van der Waals surface area contributed by atoms with E-state index in [-0.39, 0.29) is 5.60 Å². The molecule has 2 heteroatoms. The Morgan fingerprint density at radius 3 is 2.87 bits per heavy atom. The maximum atomic E-state index is 5.72. The van der Waals surface area contributed by atoms with E-state index >= 15 is 0 Å². The second-order valence-corrected chi connectivity index (χ2v) is 6.12. The van der Waals surface area contributed by atoms with E-state index in [4.69, 9.17) is 4.74 Å². The molecule has 1 saturated heterocycles. The Balaban J connectivity index is 1.61. The van der Waals surface area contributed by atoms with Crippen LogP contribution in [0.15, 0.2) is 35.2 Å². The van der Waals surface area contributed by atoms with Crippen molar-refractivity contribution in [3.8, 4) is 0 Å². The van der Waals surface area contributed by atoms with Gasteiger partial charge in [-0.15, -0.1) is 11.8 Å². The van der Waals surface area contributed by atoms with Gasteiger partial charge in [0.25, 0.3) is 0 Å². The fraction of sp³-hybridized carbons (Fsp3) is 0.538. The van der Waals surface area contributed by atoms with Crippen LogP contribution in [0.3, 0.4) is 0 Å². The predicted octanol–water partition coefficient (Wildman–Crippen LogP) is 3.49. The summed E-state index contributed by atoms with van der Waals surface area (Å²) < 4.78 is 5.72. The van der Waals surface area contributed by atoms with Gasteiger partial charge in [0.1, 0.15) is 0 Å². The fourth-order valence-corrected chi connectivity index (χ4v) is 3.62. The maximum Gasteiger partial charge on any atom is 0.0921 e. The minimum absolute atomic E-state index is 0.258. The van der Waals surface area contributed by atoms with Crippen molar-refractivity contribution in [1.29, 1.82) is 0 Å². The molecule has 1 heterocycles. The van der Waals surface area contributed by atoms with Gasteiger partial charge in [0.05, 0.1) is 11.7 Å². The van der Waals surface area contributed by atoms with Crippen LogP contribution in [-0.4, -0.2) is 17.0 Å². The van der Waals surface area contributed by atoms with E-state index in [0.29, 0.717) is 6.10 Å². The van der Waals surface area contributed by atoms with Gasteiger partial charge >= 0.3 is 0 Å². The lowest BCUT2D eigenvalue weighted by Crippen LogP contribution is -2.22. The number of epoxide rings is 1. The number of ether oxygens (including phenoxy) is 1. The molecule has 3 rings (SSSR count). The molecule has 0 spiro atoms. The number of fused-ring (bicyclic) bond motifs is 1. The molecule has 80 valence electrons. The number of hydrogen-bond acceptors (Lipinski definition) is 2. The number of benzene rings is 1. The molecule has 1 aromatic rings. The molecular formula is C13H16OS. The van der Waals surface area contributed by atoms with Crippen molar-refractivity contribution in [2.75, 3.05) is 0 Å². The molecule has 0 amide bonds. The molecule has 1 aliphatic carbocycles. The van der Waals surface area contributed by atoms with Crippen LogP contribution in [0.25, 0.3) is 0 Å². The van der Waals surface area contributed by atoms with E-state index in [1.807, 2.05) is 11.8 Å². The normalized spacial score (nSPS) is 38.5. The molecule has 0 unspecified atom stereocenters. The average molecular weight is 220 g/mol. The van der Waals surface area contributed by atoms with Crippen molar-refractivity contribution in [2.24, 2.45) is 0 Å². The highest BCUT2D eigenvalue weighted by Gasteiger charge is 2.55. The minimum atomic E-state index is 0.258. The van der Waals surface area contributed by atoms with Gasteiger partial charge < -0.3 is 4.74 Å². The standard InChI is InChI=1S/C13H16OS/c1-13-8-7-11(9-12(13)14-13)15-10-5-3-2-4-6-10/h2-6,11-12H,7-9H2,1H3/t11-,12+,13-/m0/s1. The summed E-state index contributed by atoms with van der Waals surface area (Å²) in [4.78, 5) is 1.40. The lowest BCUT2D eigenvalue weighted by Gasteiger charge is -2.21. The van der Waals surface area contributed by atoms with Crippen LogP contribution in [-0.2, 0) is 4.74 Å². The van der Waals surface area contributed by atoms with Gasteiger partial charge in [-0.05, 0) is 38.3 Å². The van der Waals surface area contributed by atoms with Crippen molar-refractivity contribution in [3.63, 3.8) is 0 Å². The van der Waals surface area contributed by atoms with Crippen LogP contribution in [0.1, 0.15) is 26.2 Å². The summed E-state index contributed by atoms with van der Waals surface area (Å²) in [6.07, 6.45) is 4.32. The molecule has 1 aromatic carbocycles. The second-order valence-electron chi connectivity index (χ2n) is 4.75. The van der Waals surface area contributed by atoms with Gasteiger partial charge in [0.2, 0.25) is 0 Å². The fourth-order valence-electron chi connectivity index (χ4n) is 2.41. The Hall–Kier alpha value is -0.470. The summed E-state index contributed by atoms with van der Waals surface area (Å²) in [6, 6.07) is 10.7. The maximum absolute atomic E-state index is 5.72. The predicted molar refractivity (Wildman–Crippen MR) is 63.2 cm³/mol. The Bertz CT molecular complexity index is 351. The Morgan fingerprint density at radius 1 is 1.33 bits per heavy atom. The largest absolute Gasteiger partial charge is 0.366 e. The van der Waals surface area contributed by atoms with Crippen molar-refractivity contribution in [2.45, 2.75) is 48.0 Å². The molecule has 3 atom stereocenters. The lowest BCUT2D eigenvalue weighted by molar-refractivity contribution is 0.304. The average Bonchev–Trinajstić information content (AvgIpc) is 2.91. The van der Waals surface area contributed by atoms with Gasteiger partial charge in [-0.1, -0.05) is 18.2 Å². The van der Waals surface area contributed by atoms with E-state index in [1.165, 1.54) is 24.2 Å². The lowest BCUT2D eigenvalue weighted by atomic mass is 9.90. The first kappa shape index (κ1) is 9.73. The summed E-state index contributed by atoms with van der Waals surface area (Å²) in [6.45, 7) is 2.25. The van der Waals surface area contributed by atoms with Gasteiger partial charge in [-0.3, -0.25) is 0 Å². The van der Waals surface area contributed by atoms with Crippen molar-refractivity contribution >= 4 is 11.8 Å². The smallest absolute Gasteiger partial charge is 0.0921 e. The Kier molecular flexibility index (Phi) is 2.29. The Morgan fingerprint density at radius 2 is 2.13 bits per heavy atom. The van der Waals surface area contributed by atoms with E-state index in [1.54, 1.807) is 0 Å². The van der Waals surface area contributed by atoms with E-state index < -0.39 is 0 Å². The molecular weight excluding hydrogens is 204 g/mol. The highest BCUT2D eigenvalue weighted by molar-refractivity contribution is 8.00. The van der Waals surface area contributed by atoms with Gasteiger partial charge in [0.15, 0.2) is 0 Å². The topological polar surface area (TPSA) is 12.5 Å². The summed E-state index contributed by atoms with van der Waals surface area (Å²) >= 11 is 2.01. The van der Waals surface area contributed by atoms with Gasteiger partial charge in [-0.25, -0.2) is 0 Å². The molecule has 2 aliphatic rings. The van der Waals surface area contributed by atoms with Crippen LogP contribution in [0, 0.1) is 0 Å². The highest BCUT2D eigenvalue weighted by atomic mass is 32.2. The first-order valence-electron chi connectivity index (χ1n) is 5.66. The molecule has 15 heavy (non-hydrogen) atoms. The van der Waals surface area contributed by atoms with Crippen LogP contribution >= 0.6 is 11.8 Å². The van der Waals surface area contributed by atoms with E-state index in [2.05, 4.69) is 37.3 Å². The third-order valence-corrected chi connectivity index (χ3v) is 4.83. The van der Waals surface area contributed by atoms with E-state index in [9.17, 15) is 0 Å². The van der Waals surface area contributed by atoms with Crippen molar-refractivity contribution in [1.82, 2.24) is 0 Å². The first-order valence-corrected chi connectivity index (χ1v) is 6.54. The zero-order valence-corrected chi connectivity index (χ0v) is 9.80. The summed E-state index contributed by atoms with van der Waals surface area (Å²) in [5, 5.41) is 0.757. The molecule has 0 bridgehead atoms. The second kappa shape index (κ2) is 3.53. The number of rotatable bonds is 2. The summed E-state index contributed by atoms with van der Waals surface area (Å²) in [7, 11) is 0. The number of thioether (sulfide) groups is 1. The SMILES string of the molecule is C[C@]12CC[C@H](Sc3ccccc3)C[C@H]1O2. The third-order valence-electron chi connectivity index (χ3n) is 3.52. The molecule has 1 saturated carbocycles. The molecule has 2 fully saturated rings. The van der Waals surface area contributed by atoms with E-state index in [0.717, 1.165) is 5.25 Å². The zero-order chi connectivity index (χ0) is 10.3. The quantitative estimate of drug-likeness (QED) is 0.707. The Labute approximate surface area is 95.2 Å².